The number of furan rings is 1. The van der Waals surface area contributed by atoms with E-state index in [0.717, 1.165) is 28.7 Å². The molecule has 312 valence electrons. The average Bonchev–Trinajstić information content (AvgIpc) is 3.72. The Morgan fingerprint density at radius 2 is 1.58 bits per heavy atom. The molecule has 0 aliphatic carbocycles. The second-order valence-electron chi connectivity index (χ2n) is 13.2. The second-order valence-corrected chi connectivity index (χ2v) is 13.2. The molecule has 0 spiro atoms. The van der Waals surface area contributed by atoms with Gasteiger partial charge >= 0.3 is 23.9 Å². The van der Waals surface area contributed by atoms with E-state index in [1.165, 1.54) is 30.3 Å². The Kier molecular flexibility index (Phi) is 16.1. The molecule has 4 amide bonds. The number of aliphatic carboxylic acids is 3. The molecular formula is C41H44N4O14. The number of hydrogen-bond donors (Lipinski definition) is 6. The fraction of sp³-hybridized carbons (Fsp3) is 0.317. The van der Waals surface area contributed by atoms with Crippen LogP contribution >= 0.6 is 0 Å². The molecule has 4 aromatic rings. The topological polar surface area (TPSA) is 268 Å². The summed E-state index contributed by atoms with van der Waals surface area (Å²) >= 11 is 0. The van der Waals surface area contributed by atoms with Crippen LogP contribution in [0.5, 0.6) is 5.75 Å². The van der Waals surface area contributed by atoms with Gasteiger partial charge in [-0.2, -0.15) is 5.06 Å². The molecule has 0 saturated carbocycles. The van der Waals surface area contributed by atoms with Gasteiger partial charge in [0.15, 0.2) is 12.4 Å². The minimum absolute atomic E-state index is 0.0783. The summed E-state index contributed by atoms with van der Waals surface area (Å²) in [5.74, 6) is -8.77. The van der Waals surface area contributed by atoms with Gasteiger partial charge in [0.2, 0.25) is 12.3 Å². The SMILES string of the molecule is CCCCCC(C(=O)NCNC(=O)c1ccc(-c2ccc(C(=O)NC(CC(=O)O)C(=O)O)c(OCC(=O)O)c2)o1)[C@@H](CC)N(C=O)OC(=O)c1ccc2ccccc2c1. The number of nitrogens with zero attached hydrogens (tertiary/aromatic N) is 1. The Morgan fingerprint density at radius 3 is 2.24 bits per heavy atom. The van der Waals surface area contributed by atoms with Crippen molar-refractivity contribution >= 4 is 58.8 Å². The maximum atomic E-state index is 13.6. The molecule has 2 unspecified atom stereocenters. The lowest BCUT2D eigenvalue weighted by molar-refractivity contribution is -0.171. The quantitative estimate of drug-likeness (QED) is 0.0265. The fourth-order valence-electron chi connectivity index (χ4n) is 6.16. The van der Waals surface area contributed by atoms with Crippen molar-refractivity contribution in [2.24, 2.45) is 5.92 Å². The van der Waals surface area contributed by atoms with Crippen LogP contribution in [0.1, 0.15) is 83.6 Å². The van der Waals surface area contributed by atoms with E-state index < -0.39 is 72.6 Å². The third-order valence-corrected chi connectivity index (χ3v) is 9.13. The summed E-state index contributed by atoms with van der Waals surface area (Å²) in [6, 6.07) is 16.3. The summed E-state index contributed by atoms with van der Waals surface area (Å²) in [4.78, 5) is 104. The molecule has 0 fully saturated rings. The molecule has 4 rings (SSSR count). The first-order valence-electron chi connectivity index (χ1n) is 18.6. The van der Waals surface area contributed by atoms with Crippen LogP contribution in [-0.2, 0) is 28.8 Å². The maximum Gasteiger partial charge on any atom is 0.363 e. The third kappa shape index (κ3) is 12.4. The molecule has 3 atom stereocenters. The van der Waals surface area contributed by atoms with Gasteiger partial charge in [0.05, 0.1) is 36.2 Å². The van der Waals surface area contributed by atoms with Gasteiger partial charge in [-0.15, -0.1) is 0 Å². The Bertz CT molecular complexity index is 2180. The van der Waals surface area contributed by atoms with Crippen molar-refractivity contribution in [2.75, 3.05) is 13.3 Å². The Morgan fingerprint density at radius 1 is 0.831 bits per heavy atom. The molecule has 59 heavy (non-hydrogen) atoms. The minimum Gasteiger partial charge on any atom is -0.481 e. The van der Waals surface area contributed by atoms with E-state index in [-0.39, 0.29) is 47.0 Å². The number of rotatable bonds is 23. The predicted octanol–water partition coefficient (Wildman–Crippen LogP) is 4.23. The normalized spacial score (nSPS) is 12.3. The van der Waals surface area contributed by atoms with Crippen LogP contribution in [0.2, 0.25) is 0 Å². The lowest BCUT2D eigenvalue weighted by Crippen LogP contribution is -2.49. The summed E-state index contributed by atoms with van der Waals surface area (Å²) < 4.78 is 10.9. The molecule has 0 saturated heterocycles. The summed E-state index contributed by atoms with van der Waals surface area (Å²) in [7, 11) is 0. The molecule has 3 aromatic carbocycles. The summed E-state index contributed by atoms with van der Waals surface area (Å²) in [6.07, 6.45) is 2.36. The monoisotopic (exact) mass is 816 g/mol. The van der Waals surface area contributed by atoms with Crippen LogP contribution in [0.4, 0.5) is 0 Å². The first-order valence-corrected chi connectivity index (χ1v) is 18.6. The zero-order valence-electron chi connectivity index (χ0n) is 32.2. The molecule has 0 bridgehead atoms. The van der Waals surface area contributed by atoms with Crippen molar-refractivity contribution < 1.29 is 67.7 Å². The van der Waals surface area contributed by atoms with Gasteiger partial charge in [-0.05, 0) is 60.0 Å². The van der Waals surface area contributed by atoms with Gasteiger partial charge in [-0.25, -0.2) is 14.4 Å². The Balaban J connectivity index is 1.43. The van der Waals surface area contributed by atoms with Crippen molar-refractivity contribution in [3.8, 4) is 17.1 Å². The van der Waals surface area contributed by atoms with E-state index in [2.05, 4.69) is 16.0 Å². The molecule has 0 aliphatic rings. The van der Waals surface area contributed by atoms with Gasteiger partial charge in [0.25, 0.3) is 11.8 Å². The van der Waals surface area contributed by atoms with E-state index in [9.17, 15) is 43.5 Å². The highest BCUT2D eigenvalue weighted by Gasteiger charge is 2.34. The standard InChI is InChI=1S/C41H44N4O14/c1-3-5-6-11-28(31(4-2)45(23-46)59-41(56)27-13-12-24-9-7-8-10-25(24)18-27)37(51)42-22-43-39(53)33-17-16-32(58-33)26-14-15-29(34(19-26)57-21-36(49)50)38(52)44-30(40(54)55)20-35(47)48/h7-10,12-19,23,28,30-31H,3-6,11,20-22H2,1-2H3,(H,42,51)(H,43,53)(H,44,52)(H,47,48)(H,49,50)(H,54,55)/t28?,30?,31-/m1/s1. The van der Waals surface area contributed by atoms with Crippen LogP contribution < -0.4 is 20.7 Å². The predicted molar refractivity (Wildman–Crippen MR) is 208 cm³/mol. The van der Waals surface area contributed by atoms with Crippen molar-refractivity contribution in [2.45, 2.75) is 64.5 Å². The number of hydroxylamine groups is 2. The zero-order chi connectivity index (χ0) is 43.1. The number of benzene rings is 3. The lowest BCUT2D eigenvalue weighted by atomic mass is 9.90. The number of carboxylic acids is 3. The number of carbonyl (C=O) groups is 8. The molecular weight excluding hydrogens is 772 g/mol. The number of nitrogens with one attached hydrogen (secondary N) is 3. The van der Waals surface area contributed by atoms with Gasteiger partial charge in [0, 0.05) is 5.56 Å². The number of amides is 4. The van der Waals surface area contributed by atoms with E-state index in [0.29, 0.717) is 19.3 Å². The van der Waals surface area contributed by atoms with Gasteiger partial charge < -0.3 is 45.3 Å². The molecule has 0 radical (unpaired) electrons. The number of unbranched alkanes of at least 4 members (excludes halogenated alkanes) is 2. The highest BCUT2D eigenvalue weighted by Crippen LogP contribution is 2.30. The number of carboxylic acid groups (broad SMARTS) is 3. The van der Waals surface area contributed by atoms with Gasteiger partial charge in [-0.1, -0.05) is 69.5 Å². The fourth-order valence-corrected chi connectivity index (χ4v) is 6.16. The van der Waals surface area contributed by atoms with Crippen molar-refractivity contribution in [1.29, 1.82) is 0 Å². The van der Waals surface area contributed by atoms with E-state index in [1.54, 1.807) is 25.1 Å². The molecule has 1 aromatic heterocycles. The minimum atomic E-state index is -1.79. The van der Waals surface area contributed by atoms with E-state index >= 15 is 0 Å². The molecule has 6 N–H and O–H groups in total. The first kappa shape index (κ1) is 44.5. The summed E-state index contributed by atoms with van der Waals surface area (Å²) in [5.41, 5.74) is 0.138. The smallest absolute Gasteiger partial charge is 0.363 e. The van der Waals surface area contributed by atoms with Crippen molar-refractivity contribution in [1.82, 2.24) is 21.0 Å². The zero-order valence-corrected chi connectivity index (χ0v) is 32.2. The highest BCUT2D eigenvalue weighted by atomic mass is 16.7. The first-order chi connectivity index (χ1) is 28.3. The third-order valence-electron chi connectivity index (χ3n) is 9.13. The van der Waals surface area contributed by atoms with Gasteiger partial charge in [0.1, 0.15) is 17.6 Å². The number of hydrogen-bond acceptors (Lipinski definition) is 11. The van der Waals surface area contributed by atoms with Gasteiger partial charge in [-0.3, -0.25) is 24.0 Å². The van der Waals surface area contributed by atoms with Crippen molar-refractivity contribution in [3.05, 3.63) is 89.7 Å². The van der Waals surface area contributed by atoms with E-state index in [1.807, 2.05) is 31.2 Å². The number of fused-ring (bicyclic) bond motifs is 1. The molecule has 18 nitrogen and oxygen atoms in total. The number of carbonyl (C=O) groups excluding carboxylic acids is 5. The number of ether oxygens (including phenoxy) is 1. The average molecular weight is 817 g/mol. The van der Waals surface area contributed by atoms with Crippen molar-refractivity contribution in [3.63, 3.8) is 0 Å². The Hall–Kier alpha value is -7.24. The van der Waals surface area contributed by atoms with Crippen LogP contribution in [0, 0.1) is 5.92 Å². The van der Waals surface area contributed by atoms with Crippen LogP contribution in [0.15, 0.2) is 77.2 Å². The summed E-state index contributed by atoms with van der Waals surface area (Å²) in [6.45, 7) is 2.52. The Labute approximate surface area is 337 Å². The lowest BCUT2D eigenvalue weighted by Gasteiger charge is -2.31. The largest absolute Gasteiger partial charge is 0.481 e. The second kappa shape index (κ2) is 21.3. The van der Waals surface area contributed by atoms with Crippen LogP contribution in [0.3, 0.4) is 0 Å². The molecule has 0 aliphatic heterocycles. The maximum absolute atomic E-state index is 13.6. The van der Waals surface area contributed by atoms with Crippen LogP contribution in [0.25, 0.3) is 22.1 Å². The van der Waals surface area contributed by atoms with E-state index in [4.69, 9.17) is 24.2 Å². The highest BCUT2D eigenvalue weighted by molar-refractivity contribution is 6.00. The summed E-state index contributed by atoms with van der Waals surface area (Å²) in [5, 5.41) is 37.3. The molecule has 1 heterocycles. The molecule has 18 heteroatoms. The van der Waals surface area contributed by atoms with Crippen LogP contribution in [-0.4, -0.2) is 93.8 Å².